The van der Waals surface area contributed by atoms with Gasteiger partial charge in [0.1, 0.15) is 5.75 Å². The highest BCUT2D eigenvalue weighted by Gasteiger charge is 2.19. The van der Waals surface area contributed by atoms with E-state index in [4.69, 9.17) is 9.47 Å². The molecule has 0 saturated carbocycles. The largest absolute Gasteiger partial charge is 0.480 e. The Morgan fingerprint density at radius 3 is 2.62 bits per heavy atom. The molecule has 2 aromatic carbocycles. The lowest BCUT2D eigenvalue weighted by atomic mass is 10.1. The van der Waals surface area contributed by atoms with Crippen LogP contribution in [0.2, 0.25) is 0 Å². The highest BCUT2D eigenvalue weighted by Crippen LogP contribution is 2.23. The molecule has 0 spiro atoms. The van der Waals surface area contributed by atoms with Gasteiger partial charge in [-0.1, -0.05) is 31.2 Å². The second-order valence-corrected chi connectivity index (χ2v) is 5.84. The maximum Gasteiger partial charge on any atom is 0.265 e. The van der Waals surface area contributed by atoms with E-state index < -0.39 is 6.10 Å². The van der Waals surface area contributed by atoms with Gasteiger partial charge in [-0.25, -0.2) is 0 Å². The number of rotatable bonds is 7. The molecule has 1 atom stereocenters. The van der Waals surface area contributed by atoms with E-state index in [1.54, 1.807) is 7.11 Å². The number of carbonyl (C=O) groups excluding carboxylic acids is 1. The maximum atomic E-state index is 12.5. The van der Waals surface area contributed by atoms with E-state index in [0.717, 1.165) is 28.1 Å². The van der Waals surface area contributed by atoms with Crippen LogP contribution in [0.1, 0.15) is 30.0 Å². The highest BCUT2D eigenvalue weighted by atomic mass is 16.5. The van der Waals surface area contributed by atoms with Gasteiger partial charge in [-0.15, -0.1) is 0 Å². The van der Waals surface area contributed by atoms with Gasteiger partial charge in [-0.05, 0) is 55.2 Å². The van der Waals surface area contributed by atoms with Crippen molar-refractivity contribution in [1.82, 2.24) is 0 Å². The van der Waals surface area contributed by atoms with Crippen LogP contribution in [0.3, 0.4) is 0 Å². The van der Waals surface area contributed by atoms with Crippen molar-refractivity contribution in [2.75, 3.05) is 12.4 Å². The lowest BCUT2D eigenvalue weighted by Crippen LogP contribution is -2.32. The van der Waals surface area contributed by atoms with Gasteiger partial charge in [0.25, 0.3) is 5.91 Å². The van der Waals surface area contributed by atoms with Crippen molar-refractivity contribution in [3.8, 4) is 5.75 Å². The van der Waals surface area contributed by atoms with Gasteiger partial charge in [-0.2, -0.15) is 0 Å². The number of amides is 1. The predicted octanol–water partition coefficient (Wildman–Crippen LogP) is 4.25. The molecular weight excluding hydrogens is 302 g/mol. The Labute approximate surface area is 143 Å². The van der Waals surface area contributed by atoms with Crippen molar-refractivity contribution >= 4 is 11.6 Å². The van der Waals surface area contributed by atoms with Crippen LogP contribution in [0.25, 0.3) is 0 Å². The number of carbonyl (C=O) groups is 1. The van der Waals surface area contributed by atoms with E-state index in [2.05, 4.69) is 5.32 Å². The Morgan fingerprint density at radius 2 is 1.92 bits per heavy atom. The molecule has 0 heterocycles. The van der Waals surface area contributed by atoms with Gasteiger partial charge in [0.15, 0.2) is 6.10 Å². The minimum Gasteiger partial charge on any atom is -0.480 e. The molecule has 0 radical (unpaired) electrons. The number of aryl methyl sites for hydroxylation is 1. The fourth-order valence-corrected chi connectivity index (χ4v) is 2.46. The van der Waals surface area contributed by atoms with Gasteiger partial charge < -0.3 is 14.8 Å². The topological polar surface area (TPSA) is 47.6 Å². The highest BCUT2D eigenvalue weighted by molar-refractivity contribution is 5.94. The molecule has 4 nitrogen and oxygen atoms in total. The summed E-state index contributed by atoms with van der Waals surface area (Å²) in [4.78, 5) is 12.5. The average Bonchev–Trinajstić information content (AvgIpc) is 2.56. The zero-order valence-electron chi connectivity index (χ0n) is 14.8. The third kappa shape index (κ3) is 4.59. The number of benzene rings is 2. The lowest BCUT2D eigenvalue weighted by Gasteiger charge is -2.19. The molecule has 0 aliphatic heterocycles. The van der Waals surface area contributed by atoms with Gasteiger partial charge in [-0.3, -0.25) is 4.79 Å². The molecule has 1 amide bonds. The summed E-state index contributed by atoms with van der Waals surface area (Å²) in [5.74, 6) is 0.609. The third-order valence-electron chi connectivity index (χ3n) is 3.99. The first-order valence-corrected chi connectivity index (χ1v) is 8.16. The molecule has 0 unspecified atom stereocenters. The molecule has 0 fully saturated rings. The normalized spacial score (nSPS) is 11.8. The van der Waals surface area contributed by atoms with Crippen LogP contribution in [-0.4, -0.2) is 19.1 Å². The molecule has 0 aromatic heterocycles. The maximum absolute atomic E-state index is 12.5. The second kappa shape index (κ2) is 8.50. The molecule has 128 valence electrons. The average molecular weight is 327 g/mol. The first kappa shape index (κ1) is 18.0. The molecule has 24 heavy (non-hydrogen) atoms. The molecule has 2 rings (SSSR count). The first-order valence-electron chi connectivity index (χ1n) is 8.16. The van der Waals surface area contributed by atoms with E-state index in [9.17, 15) is 4.79 Å². The zero-order valence-corrected chi connectivity index (χ0v) is 14.8. The molecule has 0 aliphatic carbocycles. The molecule has 1 N–H and O–H groups in total. The van der Waals surface area contributed by atoms with E-state index >= 15 is 0 Å². The fraction of sp³-hybridized carbons (Fsp3) is 0.350. The summed E-state index contributed by atoms with van der Waals surface area (Å²) in [6.07, 6.45) is 0.0633. The van der Waals surface area contributed by atoms with Crippen molar-refractivity contribution < 1.29 is 14.3 Å². The van der Waals surface area contributed by atoms with Gasteiger partial charge in [0.2, 0.25) is 0 Å². The van der Waals surface area contributed by atoms with Crippen LogP contribution in [-0.2, 0) is 16.1 Å². The Balaban J connectivity index is 2.08. The van der Waals surface area contributed by atoms with Crippen molar-refractivity contribution in [2.45, 2.75) is 39.9 Å². The van der Waals surface area contributed by atoms with Gasteiger partial charge >= 0.3 is 0 Å². The summed E-state index contributed by atoms with van der Waals surface area (Å²) in [5, 5.41) is 2.93. The van der Waals surface area contributed by atoms with E-state index in [-0.39, 0.29) is 5.91 Å². The second-order valence-electron chi connectivity index (χ2n) is 5.84. The quantitative estimate of drug-likeness (QED) is 0.827. The SMILES string of the molecule is CC[C@@H](Oc1cccc(C)c1C)C(=O)Nc1cccc(COC)c1. The Kier molecular flexibility index (Phi) is 6.38. The minimum atomic E-state index is -0.531. The number of hydrogen-bond acceptors (Lipinski definition) is 3. The summed E-state index contributed by atoms with van der Waals surface area (Å²) in [6.45, 7) is 6.49. The van der Waals surface area contributed by atoms with Crippen molar-refractivity contribution in [3.63, 3.8) is 0 Å². The zero-order chi connectivity index (χ0) is 17.5. The Hall–Kier alpha value is -2.33. The molecule has 4 heteroatoms. The van der Waals surface area contributed by atoms with Crippen LogP contribution in [0.15, 0.2) is 42.5 Å². The Morgan fingerprint density at radius 1 is 1.17 bits per heavy atom. The lowest BCUT2D eigenvalue weighted by molar-refractivity contribution is -0.122. The van der Waals surface area contributed by atoms with Crippen LogP contribution in [0.5, 0.6) is 5.75 Å². The fourth-order valence-electron chi connectivity index (χ4n) is 2.46. The molecule has 0 bridgehead atoms. The monoisotopic (exact) mass is 327 g/mol. The minimum absolute atomic E-state index is 0.145. The van der Waals surface area contributed by atoms with Crippen LogP contribution in [0.4, 0.5) is 5.69 Å². The number of methoxy groups -OCH3 is 1. The first-order chi connectivity index (χ1) is 11.5. The Bertz CT molecular complexity index is 697. The number of anilines is 1. The third-order valence-corrected chi connectivity index (χ3v) is 3.99. The smallest absolute Gasteiger partial charge is 0.265 e. The summed E-state index contributed by atoms with van der Waals surface area (Å²) in [7, 11) is 1.65. The van der Waals surface area contributed by atoms with Crippen LogP contribution in [0, 0.1) is 13.8 Å². The van der Waals surface area contributed by atoms with Crippen molar-refractivity contribution in [3.05, 3.63) is 59.2 Å². The van der Waals surface area contributed by atoms with Crippen molar-refractivity contribution in [2.24, 2.45) is 0 Å². The van der Waals surface area contributed by atoms with Gasteiger partial charge in [0.05, 0.1) is 6.61 Å². The van der Waals surface area contributed by atoms with Gasteiger partial charge in [0, 0.05) is 12.8 Å². The predicted molar refractivity (Wildman–Crippen MR) is 96.4 cm³/mol. The standard InChI is InChI=1S/C20H25NO3/c1-5-18(24-19-11-6-8-14(2)15(19)3)20(22)21-17-10-7-9-16(12-17)13-23-4/h6-12,18H,5,13H2,1-4H3,(H,21,22)/t18-/m1/s1. The number of ether oxygens (including phenoxy) is 2. The summed E-state index contributed by atoms with van der Waals surface area (Å²) < 4.78 is 11.1. The van der Waals surface area contributed by atoms with E-state index in [1.165, 1.54) is 0 Å². The summed E-state index contributed by atoms with van der Waals surface area (Å²) in [5.41, 5.74) is 3.97. The molecule has 0 saturated heterocycles. The van der Waals surface area contributed by atoms with E-state index in [0.29, 0.717) is 13.0 Å². The van der Waals surface area contributed by atoms with E-state index in [1.807, 2.05) is 63.2 Å². The summed E-state index contributed by atoms with van der Waals surface area (Å²) in [6, 6.07) is 13.5. The molecular formula is C20H25NO3. The van der Waals surface area contributed by atoms with Crippen LogP contribution < -0.4 is 10.1 Å². The van der Waals surface area contributed by atoms with Crippen molar-refractivity contribution in [1.29, 1.82) is 0 Å². The number of nitrogens with one attached hydrogen (secondary N) is 1. The molecule has 2 aromatic rings. The summed E-state index contributed by atoms with van der Waals surface area (Å²) >= 11 is 0. The number of hydrogen-bond donors (Lipinski definition) is 1. The van der Waals surface area contributed by atoms with Crippen LogP contribution >= 0.6 is 0 Å². The molecule has 0 aliphatic rings.